The van der Waals surface area contributed by atoms with Gasteiger partial charge in [0.15, 0.2) is 5.11 Å². The number of aromatic nitrogens is 2. The standard InChI is InChI=1S/C27H31ClN4OS/c1-17-15-21(18(2)31(17)23-16-19(28)12-13-24(23)33-3)26-25(22-11-7-8-14-29-22)30-27(34)32(26)20-9-5-4-6-10-20/h7-8,11-16,20,25-26H,4-6,9-10H2,1-3H3,(H,30,34)/t25-,26+/m0/s1. The Balaban J connectivity index is 1.65. The van der Waals surface area contributed by atoms with Crippen molar-refractivity contribution in [3.05, 3.63) is 76.3 Å². The van der Waals surface area contributed by atoms with Crippen LogP contribution in [0.5, 0.6) is 5.75 Å². The van der Waals surface area contributed by atoms with Gasteiger partial charge in [-0.05, 0) is 80.9 Å². The van der Waals surface area contributed by atoms with Crippen molar-refractivity contribution in [3.8, 4) is 11.4 Å². The van der Waals surface area contributed by atoms with Gasteiger partial charge in [0, 0.05) is 28.6 Å². The van der Waals surface area contributed by atoms with Crippen LogP contribution in [0.15, 0.2) is 48.7 Å². The quantitative estimate of drug-likeness (QED) is 0.412. The van der Waals surface area contributed by atoms with Crippen LogP contribution in [0.25, 0.3) is 5.69 Å². The van der Waals surface area contributed by atoms with Gasteiger partial charge < -0.3 is 19.5 Å². The lowest BCUT2D eigenvalue weighted by atomic mass is 9.90. The maximum absolute atomic E-state index is 6.40. The van der Waals surface area contributed by atoms with Gasteiger partial charge in [-0.3, -0.25) is 4.98 Å². The predicted octanol–water partition coefficient (Wildman–Crippen LogP) is 6.46. The summed E-state index contributed by atoms with van der Waals surface area (Å²) in [7, 11) is 1.70. The van der Waals surface area contributed by atoms with E-state index in [-0.39, 0.29) is 12.1 Å². The van der Waals surface area contributed by atoms with E-state index in [1.807, 2.05) is 36.5 Å². The molecule has 0 spiro atoms. The van der Waals surface area contributed by atoms with Gasteiger partial charge in [-0.1, -0.05) is 36.9 Å². The summed E-state index contributed by atoms with van der Waals surface area (Å²) < 4.78 is 7.94. The van der Waals surface area contributed by atoms with E-state index in [9.17, 15) is 0 Å². The number of aryl methyl sites for hydroxylation is 1. The number of rotatable bonds is 5. The number of thiocarbonyl (C=S) groups is 1. The van der Waals surface area contributed by atoms with E-state index in [1.165, 1.54) is 37.7 Å². The topological polar surface area (TPSA) is 42.3 Å². The highest BCUT2D eigenvalue weighted by molar-refractivity contribution is 7.80. The smallest absolute Gasteiger partial charge is 0.170 e. The molecule has 5 rings (SSSR count). The normalized spacial score (nSPS) is 21.1. The summed E-state index contributed by atoms with van der Waals surface area (Å²) in [5.41, 5.74) is 5.51. The number of nitrogens with zero attached hydrogens (tertiary/aromatic N) is 3. The zero-order chi connectivity index (χ0) is 23.8. The van der Waals surface area contributed by atoms with Crippen LogP contribution in [-0.2, 0) is 0 Å². The van der Waals surface area contributed by atoms with E-state index >= 15 is 0 Å². The van der Waals surface area contributed by atoms with Crippen LogP contribution >= 0.6 is 23.8 Å². The lowest BCUT2D eigenvalue weighted by Gasteiger charge is -2.37. The second-order valence-corrected chi connectivity index (χ2v) is 10.1. The second kappa shape index (κ2) is 9.59. The molecule has 2 fully saturated rings. The van der Waals surface area contributed by atoms with E-state index < -0.39 is 0 Å². The first-order valence-electron chi connectivity index (χ1n) is 12.0. The van der Waals surface area contributed by atoms with Crippen LogP contribution in [0.1, 0.15) is 66.8 Å². The van der Waals surface area contributed by atoms with Crippen molar-refractivity contribution in [2.75, 3.05) is 7.11 Å². The summed E-state index contributed by atoms with van der Waals surface area (Å²) in [6.07, 6.45) is 8.03. The number of halogens is 1. The molecule has 1 saturated carbocycles. The van der Waals surface area contributed by atoms with Crippen LogP contribution in [0.3, 0.4) is 0 Å². The molecule has 1 aliphatic carbocycles. The van der Waals surface area contributed by atoms with Crippen molar-refractivity contribution in [1.29, 1.82) is 0 Å². The van der Waals surface area contributed by atoms with Gasteiger partial charge in [0.05, 0.1) is 30.6 Å². The Kier molecular flexibility index (Phi) is 6.54. The molecular formula is C27H31ClN4OS. The first-order chi connectivity index (χ1) is 16.5. The number of hydrogen-bond acceptors (Lipinski definition) is 3. The highest BCUT2D eigenvalue weighted by Gasteiger charge is 2.44. The molecule has 3 aromatic rings. The zero-order valence-corrected chi connectivity index (χ0v) is 21.5. The van der Waals surface area contributed by atoms with Crippen LogP contribution in [0, 0.1) is 13.8 Å². The fourth-order valence-electron chi connectivity index (χ4n) is 5.75. The lowest BCUT2D eigenvalue weighted by molar-refractivity contribution is 0.197. The Bertz CT molecular complexity index is 1190. The van der Waals surface area contributed by atoms with Crippen LogP contribution < -0.4 is 10.1 Å². The predicted molar refractivity (Wildman–Crippen MR) is 141 cm³/mol. The van der Waals surface area contributed by atoms with Gasteiger partial charge >= 0.3 is 0 Å². The average Bonchev–Trinajstić information content (AvgIpc) is 3.35. The van der Waals surface area contributed by atoms with Gasteiger partial charge in [0.25, 0.3) is 0 Å². The molecule has 7 heteroatoms. The molecule has 0 unspecified atom stereocenters. The summed E-state index contributed by atoms with van der Waals surface area (Å²) >= 11 is 12.3. The van der Waals surface area contributed by atoms with Gasteiger partial charge in [-0.15, -0.1) is 0 Å². The number of hydrogen-bond donors (Lipinski definition) is 1. The van der Waals surface area contributed by atoms with Crippen LogP contribution in [-0.4, -0.2) is 32.7 Å². The third-order valence-electron chi connectivity index (χ3n) is 7.27. The maximum atomic E-state index is 6.40. The number of pyridine rings is 1. The molecule has 1 aromatic carbocycles. The molecule has 2 aromatic heterocycles. The molecule has 1 N–H and O–H groups in total. The molecule has 0 bridgehead atoms. The molecule has 2 atom stereocenters. The van der Waals surface area contributed by atoms with Crippen LogP contribution in [0.4, 0.5) is 0 Å². The van der Waals surface area contributed by atoms with Crippen molar-refractivity contribution in [3.63, 3.8) is 0 Å². The largest absolute Gasteiger partial charge is 0.495 e. The van der Waals surface area contributed by atoms with Gasteiger partial charge in [0.1, 0.15) is 5.75 Å². The number of methoxy groups -OCH3 is 1. The molecular weight excluding hydrogens is 464 g/mol. The van der Waals surface area contributed by atoms with E-state index in [0.717, 1.165) is 33.6 Å². The summed E-state index contributed by atoms with van der Waals surface area (Å²) in [4.78, 5) is 7.18. The van der Waals surface area contributed by atoms with Crippen LogP contribution in [0.2, 0.25) is 5.02 Å². The fraction of sp³-hybridized carbons (Fsp3) is 0.407. The fourth-order valence-corrected chi connectivity index (χ4v) is 6.30. The van der Waals surface area contributed by atoms with E-state index in [2.05, 4.69) is 40.8 Å². The third kappa shape index (κ3) is 4.07. The second-order valence-electron chi connectivity index (χ2n) is 9.30. The number of nitrogens with one attached hydrogen (secondary N) is 1. The summed E-state index contributed by atoms with van der Waals surface area (Å²) in [5.74, 6) is 0.795. The monoisotopic (exact) mass is 494 g/mol. The van der Waals surface area contributed by atoms with Crippen molar-refractivity contribution in [2.24, 2.45) is 0 Å². The minimum atomic E-state index is -0.00849. The Morgan fingerprint density at radius 1 is 1.09 bits per heavy atom. The lowest BCUT2D eigenvalue weighted by Crippen LogP contribution is -2.40. The SMILES string of the molecule is COc1ccc(Cl)cc1-n1c(C)cc([C@@H]2[C@H](c3ccccn3)NC(=S)N2C2CCCCC2)c1C. The molecule has 1 saturated heterocycles. The minimum Gasteiger partial charge on any atom is -0.495 e. The minimum absolute atomic E-state index is 0.00849. The van der Waals surface area contributed by atoms with Crippen molar-refractivity contribution in [1.82, 2.24) is 19.8 Å². The van der Waals surface area contributed by atoms with Crippen molar-refractivity contribution in [2.45, 2.75) is 64.1 Å². The average molecular weight is 495 g/mol. The number of benzene rings is 1. The molecule has 178 valence electrons. The highest BCUT2D eigenvalue weighted by Crippen LogP contribution is 2.45. The zero-order valence-electron chi connectivity index (χ0n) is 19.9. The summed E-state index contributed by atoms with van der Waals surface area (Å²) in [6, 6.07) is 14.6. The molecule has 2 aliphatic rings. The van der Waals surface area contributed by atoms with Gasteiger partial charge in [0.2, 0.25) is 0 Å². The molecule has 0 amide bonds. The first-order valence-corrected chi connectivity index (χ1v) is 12.8. The Hall–Kier alpha value is -2.57. The third-order valence-corrected chi connectivity index (χ3v) is 7.84. The number of ether oxygens (including phenoxy) is 1. The molecule has 5 nitrogen and oxygen atoms in total. The summed E-state index contributed by atoms with van der Waals surface area (Å²) in [5, 5.41) is 5.15. The van der Waals surface area contributed by atoms with Crippen molar-refractivity contribution >= 4 is 28.9 Å². The first kappa shape index (κ1) is 23.2. The Labute approximate surface area is 212 Å². The van der Waals surface area contributed by atoms with E-state index in [4.69, 9.17) is 33.5 Å². The molecule has 34 heavy (non-hydrogen) atoms. The Morgan fingerprint density at radius 3 is 2.59 bits per heavy atom. The molecule has 3 heterocycles. The Morgan fingerprint density at radius 2 is 1.88 bits per heavy atom. The van der Waals surface area contributed by atoms with E-state index in [0.29, 0.717) is 11.1 Å². The van der Waals surface area contributed by atoms with Gasteiger partial charge in [-0.25, -0.2) is 0 Å². The molecule has 1 aliphatic heterocycles. The molecule has 0 radical (unpaired) electrons. The van der Waals surface area contributed by atoms with Crippen molar-refractivity contribution < 1.29 is 4.74 Å². The maximum Gasteiger partial charge on any atom is 0.170 e. The van der Waals surface area contributed by atoms with Gasteiger partial charge in [-0.2, -0.15) is 0 Å². The highest BCUT2D eigenvalue weighted by atomic mass is 35.5. The van der Waals surface area contributed by atoms with E-state index in [1.54, 1.807) is 7.11 Å². The summed E-state index contributed by atoms with van der Waals surface area (Å²) in [6.45, 7) is 4.32.